The zero-order valence-corrected chi connectivity index (χ0v) is 29.7. The summed E-state index contributed by atoms with van der Waals surface area (Å²) in [6.07, 6.45) is 13.2. The fourth-order valence-corrected chi connectivity index (χ4v) is 9.78. The lowest BCUT2D eigenvalue weighted by molar-refractivity contribution is 0.0690. The topological polar surface area (TPSA) is 38.7 Å². The predicted octanol–water partition coefficient (Wildman–Crippen LogP) is 9.81. The highest BCUT2D eigenvalue weighted by Gasteiger charge is 2.50. The number of rotatable bonds is 7. The monoisotopic (exact) mass is 574 g/mol. The summed E-state index contributed by atoms with van der Waals surface area (Å²) < 4.78 is 14.1. The van der Waals surface area contributed by atoms with Crippen LogP contribution in [0.5, 0.6) is 0 Å². The molecule has 0 radical (unpaired) electrons. The van der Waals surface area contributed by atoms with E-state index >= 15 is 0 Å². The van der Waals surface area contributed by atoms with E-state index in [4.69, 9.17) is 8.85 Å². The Hall–Kier alpha value is -0.466. The zero-order chi connectivity index (χ0) is 29.6. The van der Waals surface area contributed by atoms with Crippen LogP contribution < -0.4 is 0 Å². The number of hydrogen-bond donors (Lipinski definition) is 1. The average Bonchev–Trinajstić information content (AvgIpc) is 3.15. The fraction of sp³-hybridized carbons (Fsp3) is 0.824. The van der Waals surface area contributed by atoms with Crippen molar-refractivity contribution >= 4 is 16.6 Å². The highest BCUT2D eigenvalue weighted by atomic mass is 28.4. The molecule has 3 aliphatic carbocycles. The maximum Gasteiger partial charge on any atom is 0.192 e. The second-order valence-electron chi connectivity index (χ2n) is 16.5. The summed E-state index contributed by atoms with van der Waals surface area (Å²) >= 11 is 0. The smallest absolute Gasteiger partial charge is 0.192 e. The maximum atomic E-state index is 9.93. The Bertz CT molecular complexity index is 948. The molecule has 3 nitrogen and oxygen atoms in total. The van der Waals surface area contributed by atoms with E-state index in [-0.39, 0.29) is 22.3 Å². The van der Waals surface area contributed by atoms with Crippen molar-refractivity contribution in [2.24, 2.45) is 23.2 Å². The van der Waals surface area contributed by atoms with Crippen molar-refractivity contribution in [2.75, 3.05) is 6.61 Å². The van der Waals surface area contributed by atoms with E-state index in [0.717, 1.165) is 12.8 Å². The van der Waals surface area contributed by atoms with Gasteiger partial charge >= 0.3 is 0 Å². The van der Waals surface area contributed by atoms with E-state index in [0.29, 0.717) is 29.8 Å². The van der Waals surface area contributed by atoms with Crippen LogP contribution in [-0.2, 0) is 8.85 Å². The van der Waals surface area contributed by atoms with Crippen LogP contribution in [0.3, 0.4) is 0 Å². The first-order valence-corrected chi connectivity index (χ1v) is 21.6. The van der Waals surface area contributed by atoms with E-state index in [2.05, 4.69) is 100 Å². The van der Waals surface area contributed by atoms with Gasteiger partial charge in [-0.15, -0.1) is 0 Å². The van der Waals surface area contributed by atoms with Gasteiger partial charge in [-0.25, -0.2) is 0 Å². The molecule has 5 heteroatoms. The van der Waals surface area contributed by atoms with Gasteiger partial charge in [0.25, 0.3) is 0 Å². The van der Waals surface area contributed by atoms with E-state index in [1.165, 1.54) is 43.3 Å². The van der Waals surface area contributed by atoms with Gasteiger partial charge in [-0.05, 0) is 109 Å². The van der Waals surface area contributed by atoms with E-state index < -0.39 is 16.6 Å². The van der Waals surface area contributed by atoms with Gasteiger partial charge in [0.2, 0.25) is 0 Å². The average molecular weight is 575 g/mol. The Balaban J connectivity index is 1.93. The first-order valence-electron chi connectivity index (χ1n) is 15.8. The summed E-state index contributed by atoms with van der Waals surface area (Å²) in [6, 6.07) is 0. The van der Waals surface area contributed by atoms with Crippen molar-refractivity contribution in [1.82, 2.24) is 0 Å². The maximum absolute atomic E-state index is 9.93. The van der Waals surface area contributed by atoms with Gasteiger partial charge in [0.05, 0.1) is 12.2 Å². The van der Waals surface area contributed by atoms with Crippen LogP contribution in [0.1, 0.15) is 100 Å². The minimum atomic E-state index is -1.96. The van der Waals surface area contributed by atoms with Gasteiger partial charge in [-0.1, -0.05) is 79.7 Å². The third-order valence-electron chi connectivity index (χ3n) is 11.7. The molecule has 0 aromatic carbocycles. The van der Waals surface area contributed by atoms with E-state index in [1.807, 2.05) is 0 Å². The summed E-state index contributed by atoms with van der Waals surface area (Å²) in [7, 11) is -3.87. The lowest BCUT2D eigenvalue weighted by Gasteiger charge is -2.45. The largest absolute Gasteiger partial charge is 0.413 e. The molecule has 0 spiro atoms. The summed E-state index contributed by atoms with van der Waals surface area (Å²) in [5.74, 6) is 1.65. The zero-order valence-electron chi connectivity index (χ0n) is 27.7. The quantitative estimate of drug-likeness (QED) is 0.308. The Kier molecular flexibility index (Phi) is 9.88. The highest BCUT2D eigenvalue weighted by molar-refractivity contribution is 6.74. The molecule has 224 valence electrons. The molecule has 0 amide bonds. The lowest BCUT2D eigenvalue weighted by Crippen LogP contribution is -2.49. The first-order chi connectivity index (χ1) is 17.7. The van der Waals surface area contributed by atoms with Crippen molar-refractivity contribution < 1.29 is 14.0 Å². The molecule has 3 rings (SSSR count). The predicted molar refractivity (Wildman–Crippen MR) is 173 cm³/mol. The SMILES string of the molecule is C=C1/C(=C\C=C2/CCC[C@@]3(C)C2CC[C@@H]3[C@H](C)CO)C[C@@H](O[Si](C)(C)C(C)(C)C)C[C@@H]1O[Si](C)(C)C(C)(C)C. The van der Waals surface area contributed by atoms with E-state index in [1.54, 1.807) is 5.57 Å². The standard InChI is InChI=1S/C34H62O3Si2/c1-24(23-35)29-18-19-30-26(15-14-20-34(29,30)9)16-17-27-21-28(36-38(10,11)32(3,4)5)22-31(25(27)2)37-39(12,13)33(6,7)8/h16-17,24,28-31,35H,2,14-15,18-23H2,1,3-13H3/b26-16+,27-17-/t24-,28-,29-,30?,31+,34-/m1/s1. The van der Waals surface area contributed by atoms with Gasteiger partial charge < -0.3 is 14.0 Å². The number of aliphatic hydroxyl groups excluding tert-OH is 1. The van der Waals surface area contributed by atoms with Gasteiger partial charge in [0.1, 0.15) is 0 Å². The first kappa shape index (κ1) is 33.0. The summed E-state index contributed by atoms with van der Waals surface area (Å²) in [5.41, 5.74) is 4.43. The summed E-state index contributed by atoms with van der Waals surface area (Å²) in [6.45, 7) is 33.1. The second kappa shape index (κ2) is 11.7. The van der Waals surface area contributed by atoms with Crippen LogP contribution in [0, 0.1) is 23.2 Å². The summed E-state index contributed by atoms with van der Waals surface area (Å²) in [5, 5.41) is 10.3. The van der Waals surface area contributed by atoms with Gasteiger partial charge in [-0.2, -0.15) is 0 Å². The Labute approximate surface area is 244 Å². The van der Waals surface area contributed by atoms with Crippen LogP contribution in [0.2, 0.25) is 36.3 Å². The van der Waals surface area contributed by atoms with Crippen LogP contribution in [0.15, 0.2) is 35.5 Å². The van der Waals surface area contributed by atoms with Crippen molar-refractivity contribution in [2.45, 2.75) is 149 Å². The molecular weight excluding hydrogens is 513 g/mol. The molecule has 0 aromatic heterocycles. The molecular formula is C34H62O3Si2. The van der Waals surface area contributed by atoms with Crippen LogP contribution in [0.4, 0.5) is 0 Å². The molecule has 0 bridgehead atoms. The van der Waals surface area contributed by atoms with Gasteiger partial charge in [-0.3, -0.25) is 0 Å². The summed E-state index contributed by atoms with van der Waals surface area (Å²) in [4.78, 5) is 0. The number of aliphatic hydroxyl groups is 1. The molecule has 3 fully saturated rings. The molecule has 0 aliphatic heterocycles. The molecule has 0 aromatic rings. The number of allylic oxidation sites excluding steroid dienone is 3. The van der Waals surface area contributed by atoms with Crippen molar-refractivity contribution in [3.8, 4) is 0 Å². The van der Waals surface area contributed by atoms with Crippen molar-refractivity contribution in [1.29, 1.82) is 0 Å². The molecule has 1 unspecified atom stereocenters. The van der Waals surface area contributed by atoms with Crippen LogP contribution >= 0.6 is 0 Å². The van der Waals surface area contributed by atoms with Crippen LogP contribution in [0.25, 0.3) is 0 Å². The molecule has 0 saturated heterocycles. The number of hydrogen-bond acceptors (Lipinski definition) is 3. The molecule has 39 heavy (non-hydrogen) atoms. The van der Waals surface area contributed by atoms with Crippen LogP contribution in [-0.4, -0.2) is 40.6 Å². The van der Waals surface area contributed by atoms with Gasteiger partial charge in [0.15, 0.2) is 16.6 Å². The lowest BCUT2D eigenvalue weighted by atomic mass is 9.61. The Morgan fingerprint density at radius 2 is 1.59 bits per heavy atom. The number of fused-ring (bicyclic) bond motifs is 1. The second-order valence-corrected chi connectivity index (χ2v) is 26.0. The normalized spacial score (nSPS) is 34.0. The highest BCUT2D eigenvalue weighted by Crippen LogP contribution is 2.59. The van der Waals surface area contributed by atoms with Gasteiger partial charge in [0, 0.05) is 13.0 Å². The Morgan fingerprint density at radius 3 is 2.15 bits per heavy atom. The molecule has 3 aliphatic rings. The Morgan fingerprint density at radius 1 is 1.00 bits per heavy atom. The fourth-order valence-electron chi connectivity index (χ4n) is 7.11. The molecule has 6 atom stereocenters. The van der Waals surface area contributed by atoms with Crippen molar-refractivity contribution in [3.63, 3.8) is 0 Å². The molecule has 0 heterocycles. The third kappa shape index (κ3) is 6.96. The van der Waals surface area contributed by atoms with Crippen molar-refractivity contribution in [3.05, 3.63) is 35.5 Å². The molecule has 1 N–H and O–H groups in total. The minimum absolute atomic E-state index is 0.0250. The molecule has 3 saturated carbocycles. The third-order valence-corrected chi connectivity index (χ3v) is 20.8. The van der Waals surface area contributed by atoms with E-state index in [9.17, 15) is 5.11 Å². The minimum Gasteiger partial charge on any atom is -0.413 e.